The lowest BCUT2D eigenvalue weighted by Crippen LogP contribution is -2.61. The summed E-state index contributed by atoms with van der Waals surface area (Å²) in [7, 11) is 2.18. The average molecular weight is 325 g/mol. The van der Waals surface area contributed by atoms with Crippen molar-refractivity contribution in [2.75, 3.05) is 39.8 Å². The molecular weight excluding hydrogens is 290 g/mol. The molecule has 0 aliphatic carbocycles. The van der Waals surface area contributed by atoms with E-state index in [4.69, 9.17) is 0 Å². The van der Waals surface area contributed by atoms with E-state index in [2.05, 4.69) is 22.2 Å². The quantitative estimate of drug-likeness (QED) is 0.776. The summed E-state index contributed by atoms with van der Waals surface area (Å²) in [6.45, 7) is 9.14. The van der Waals surface area contributed by atoms with Crippen LogP contribution in [0.5, 0.6) is 0 Å². The second-order valence-electron chi connectivity index (χ2n) is 7.87. The normalized spacial score (nSPS) is 24.6. The Morgan fingerprint density at radius 3 is 2.30 bits per heavy atom. The van der Waals surface area contributed by atoms with Crippen LogP contribution < -0.4 is 5.32 Å². The van der Waals surface area contributed by atoms with Crippen LogP contribution in [0.3, 0.4) is 0 Å². The van der Waals surface area contributed by atoms with Crippen molar-refractivity contribution in [1.29, 1.82) is 0 Å². The first kappa shape index (κ1) is 18.7. The van der Waals surface area contributed by atoms with Gasteiger partial charge >= 0.3 is 0 Å². The van der Waals surface area contributed by atoms with Crippen molar-refractivity contribution in [2.45, 2.75) is 64.0 Å². The molecule has 2 heterocycles. The fourth-order valence-corrected chi connectivity index (χ4v) is 3.77. The average Bonchev–Trinajstić information content (AvgIpc) is 2.55. The van der Waals surface area contributed by atoms with Gasteiger partial charge in [-0.15, -0.1) is 0 Å². The number of hydrogen-bond donors (Lipinski definition) is 2. The molecule has 2 aliphatic heterocycles. The first-order valence-corrected chi connectivity index (χ1v) is 9.31. The topological polar surface area (TPSA) is 55.8 Å². The Balaban J connectivity index is 1.93. The zero-order valence-corrected chi connectivity index (χ0v) is 15.2. The molecule has 0 radical (unpaired) electrons. The van der Waals surface area contributed by atoms with Crippen molar-refractivity contribution >= 4 is 5.91 Å². The summed E-state index contributed by atoms with van der Waals surface area (Å²) in [5.41, 5.74) is 0.116. The Kier molecular flexibility index (Phi) is 6.86. The van der Waals surface area contributed by atoms with Gasteiger partial charge in [-0.25, -0.2) is 0 Å². The van der Waals surface area contributed by atoms with Crippen LogP contribution in [0, 0.1) is 5.92 Å². The third-order valence-electron chi connectivity index (χ3n) is 5.72. The lowest BCUT2D eigenvalue weighted by atomic mass is 9.84. The highest BCUT2D eigenvalue weighted by atomic mass is 16.3. The number of nitrogens with one attached hydrogen (secondary N) is 1. The fourth-order valence-electron chi connectivity index (χ4n) is 3.77. The van der Waals surface area contributed by atoms with E-state index in [9.17, 15) is 9.90 Å². The van der Waals surface area contributed by atoms with Crippen LogP contribution in [0.2, 0.25) is 0 Å². The number of aliphatic hydroxyl groups excluding tert-OH is 1. The highest BCUT2D eigenvalue weighted by molar-refractivity contribution is 5.76. The van der Waals surface area contributed by atoms with Crippen LogP contribution in [0.25, 0.3) is 0 Å². The third kappa shape index (κ3) is 5.16. The predicted molar refractivity (Wildman–Crippen MR) is 93.4 cm³/mol. The molecule has 23 heavy (non-hydrogen) atoms. The molecule has 1 amide bonds. The van der Waals surface area contributed by atoms with Crippen LogP contribution in [-0.4, -0.2) is 72.2 Å². The summed E-state index contributed by atoms with van der Waals surface area (Å²) in [5, 5.41) is 13.0. The molecule has 0 aromatic rings. The van der Waals surface area contributed by atoms with E-state index in [0.29, 0.717) is 0 Å². The first-order valence-electron chi connectivity index (χ1n) is 9.31. The van der Waals surface area contributed by atoms with Gasteiger partial charge in [-0.3, -0.25) is 9.69 Å². The number of carbonyl (C=O) groups is 1. The number of carbonyl (C=O) groups excluding carboxylic acids is 1. The smallest absolute Gasteiger partial charge is 0.222 e. The van der Waals surface area contributed by atoms with Crippen LogP contribution in [-0.2, 0) is 4.79 Å². The zero-order chi connectivity index (χ0) is 16.9. The lowest BCUT2D eigenvalue weighted by molar-refractivity contribution is -0.124. The molecule has 2 aliphatic rings. The maximum atomic E-state index is 12.2. The molecule has 134 valence electrons. The molecule has 0 saturated carbocycles. The van der Waals surface area contributed by atoms with Gasteiger partial charge in [0.25, 0.3) is 0 Å². The van der Waals surface area contributed by atoms with Crippen molar-refractivity contribution in [2.24, 2.45) is 5.92 Å². The van der Waals surface area contributed by atoms with Gasteiger partial charge in [0.15, 0.2) is 0 Å². The number of aliphatic hydroxyl groups is 1. The van der Waals surface area contributed by atoms with Gasteiger partial charge in [0.05, 0.1) is 12.5 Å². The zero-order valence-electron chi connectivity index (χ0n) is 15.2. The number of nitrogens with zero attached hydrogens (tertiary/aromatic N) is 2. The largest absolute Gasteiger partial charge is 0.392 e. The van der Waals surface area contributed by atoms with Gasteiger partial charge in [0.1, 0.15) is 0 Å². The molecular formula is C18H35N3O2. The van der Waals surface area contributed by atoms with Gasteiger partial charge in [0, 0.05) is 12.1 Å². The molecule has 1 atom stereocenters. The summed E-state index contributed by atoms with van der Waals surface area (Å²) < 4.78 is 0. The van der Waals surface area contributed by atoms with Crippen molar-refractivity contribution in [1.82, 2.24) is 15.1 Å². The summed E-state index contributed by atoms with van der Waals surface area (Å²) in [6, 6.07) is 0. The van der Waals surface area contributed by atoms with Gasteiger partial charge < -0.3 is 15.3 Å². The highest BCUT2D eigenvalue weighted by Gasteiger charge is 2.39. The Morgan fingerprint density at radius 2 is 1.74 bits per heavy atom. The molecule has 1 unspecified atom stereocenters. The van der Waals surface area contributed by atoms with E-state index < -0.39 is 6.10 Å². The predicted octanol–water partition coefficient (Wildman–Crippen LogP) is 1.46. The Morgan fingerprint density at radius 1 is 1.13 bits per heavy atom. The van der Waals surface area contributed by atoms with Gasteiger partial charge in [-0.2, -0.15) is 0 Å². The van der Waals surface area contributed by atoms with Gasteiger partial charge in [-0.1, -0.05) is 20.3 Å². The Labute approximate surface area is 141 Å². The molecule has 0 aromatic heterocycles. The van der Waals surface area contributed by atoms with E-state index in [1.54, 1.807) is 0 Å². The van der Waals surface area contributed by atoms with Crippen molar-refractivity contribution in [3.05, 3.63) is 0 Å². The number of piperidine rings is 2. The van der Waals surface area contributed by atoms with Crippen LogP contribution in [0.15, 0.2) is 0 Å². The molecule has 0 spiro atoms. The minimum Gasteiger partial charge on any atom is -0.392 e. The second-order valence-corrected chi connectivity index (χ2v) is 7.87. The summed E-state index contributed by atoms with van der Waals surface area (Å²) in [6.07, 6.45) is 5.80. The highest BCUT2D eigenvalue weighted by Crippen LogP contribution is 2.30. The first-order chi connectivity index (χ1) is 10.9. The van der Waals surface area contributed by atoms with Crippen molar-refractivity contribution in [3.63, 3.8) is 0 Å². The monoisotopic (exact) mass is 325 g/mol. The molecule has 2 saturated heterocycles. The number of amides is 1. The second kappa shape index (κ2) is 8.45. The fraction of sp³-hybridized carbons (Fsp3) is 0.944. The summed E-state index contributed by atoms with van der Waals surface area (Å²) >= 11 is 0. The molecule has 2 fully saturated rings. The van der Waals surface area contributed by atoms with E-state index >= 15 is 0 Å². The van der Waals surface area contributed by atoms with Gasteiger partial charge in [-0.05, 0) is 64.8 Å². The van der Waals surface area contributed by atoms with Crippen LogP contribution in [0.4, 0.5) is 0 Å². The van der Waals surface area contributed by atoms with Crippen LogP contribution >= 0.6 is 0 Å². The Bertz CT molecular complexity index is 372. The molecule has 0 aromatic carbocycles. The maximum absolute atomic E-state index is 12.2. The van der Waals surface area contributed by atoms with Crippen molar-refractivity contribution < 1.29 is 9.90 Å². The molecule has 2 N–H and O–H groups in total. The molecule has 5 heteroatoms. The van der Waals surface area contributed by atoms with E-state index in [0.717, 1.165) is 45.6 Å². The lowest BCUT2D eigenvalue weighted by Gasteiger charge is -2.50. The summed E-state index contributed by atoms with van der Waals surface area (Å²) in [5.74, 6) is 0.113. The third-order valence-corrected chi connectivity index (χ3v) is 5.72. The Hall–Kier alpha value is -0.650. The summed E-state index contributed by atoms with van der Waals surface area (Å²) in [4.78, 5) is 17.2. The number of hydrogen-bond acceptors (Lipinski definition) is 4. The van der Waals surface area contributed by atoms with E-state index in [1.807, 2.05) is 13.8 Å². The minimum absolute atomic E-state index is 0.0125. The maximum Gasteiger partial charge on any atom is 0.222 e. The molecule has 0 bridgehead atoms. The SMILES string of the molecule is CC(C)C(O)CC(=O)NCC1(N2CCCCC2)CCN(C)CC1. The van der Waals surface area contributed by atoms with Crippen molar-refractivity contribution in [3.8, 4) is 0 Å². The minimum atomic E-state index is -0.543. The van der Waals surface area contributed by atoms with E-state index in [-0.39, 0.29) is 23.8 Å². The molecule has 5 nitrogen and oxygen atoms in total. The number of likely N-dealkylation sites (tertiary alicyclic amines) is 2. The standard InChI is InChI=1S/C18H35N3O2/c1-15(2)16(22)13-17(23)19-14-18(7-11-20(3)12-8-18)21-9-5-4-6-10-21/h15-16,22H,4-14H2,1-3H3,(H,19,23). The van der Waals surface area contributed by atoms with Gasteiger partial charge in [0.2, 0.25) is 5.91 Å². The van der Waals surface area contributed by atoms with E-state index in [1.165, 1.54) is 19.3 Å². The van der Waals surface area contributed by atoms with Crippen LogP contribution in [0.1, 0.15) is 52.4 Å². The molecule has 2 rings (SSSR count). The number of rotatable bonds is 6.